The largest absolute Gasteiger partial charge is 0.309 e. The molecule has 4 heteroatoms. The quantitative estimate of drug-likeness (QED) is 0.168. The Morgan fingerprint density at radius 1 is 0.243 bits per heavy atom. The Kier molecular flexibility index (Phi) is 7.88. The summed E-state index contributed by atoms with van der Waals surface area (Å²) in [6.45, 7) is 9.87. The predicted molar refractivity (Wildman–Crippen MR) is 294 cm³/mol. The molecule has 1 aliphatic rings. The average Bonchev–Trinajstić information content (AvgIpc) is 4.13. The summed E-state index contributed by atoms with van der Waals surface area (Å²) in [6, 6.07) is 81.2. The Hall–Kier alpha value is -8.60. The van der Waals surface area contributed by atoms with Crippen LogP contribution in [0.1, 0.15) is 49.9 Å². The molecule has 15 rings (SSSR count). The van der Waals surface area contributed by atoms with E-state index >= 15 is 0 Å². The maximum atomic E-state index is 2.51. The second-order valence-corrected chi connectivity index (χ2v) is 20.5. The van der Waals surface area contributed by atoms with Crippen molar-refractivity contribution in [2.75, 3.05) is 0 Å². The summed E-state index contributed by atoms with van der Waals surface area (Å²) < 4.78 is 9.86. The highest BCUT2D eigenvalue weighted by molar-refractivity contribution is 6.16. The van der Waals surface area contributed by atoms with Gasteiger partial charge in [-0.2, -0.15) is 0 Å². The van der Waals surface area contributed by atoms with E-state index in [9.17, 15) is 0 Å². The zero-order chi connectivity index (χ0) is 46.6. The van der Waals surface area contributed by atoms with E-state index < -0.39 is 0 Å². The van der Waals surface area contributed by atoms with E-state index in [1.54, 1.807) is 0 Å². The van der Waals surface area contributed by atoms with Gasteiger partial charge in [0.15, 0.2) is 0 Å². The molecule has 4 nitrogen and oxygen atoms in total. The highest BCUT2D eigenvalue weighted by Gasteiger charge is 2.45. The summed E-state index contributed by atoms with van der Waals surface area (Å²) in [5.41, 5.74) is 19.3. The van der Waals surface area contributed by atoms with Crippen LogP contribution in [0, 0.1) is 0 Å². The van der Waals surface area contributed by atoms with Gasteiger partial charge in [-0.3, -0.25) is 0 Å². The van der Waals surface area contributed by atoms with Gasteiger partial charge in [-0.15, -0.1) is 0 Å². The van der Waals surface area contributed by atoms with Crippen molar-refractivity contribution in [3.8, 4) is 22.7 Å². The van der Waals surface area contributed by atoms with Crippen molar-refractivity contribution in [1.29, 1.82) is 0 Å². The summed E-state index contributed by atoms with van der Waals surface area (Å²) in [6.07, 6.45) is 0. The van der Waals surface area contributed by atoms with E-state index in [4.69, 9.17) is 0 Å². The van der Waals surface area contributed by atoms with Gasteiger partial charge in [0, 0.05) is 76.7 Å². The first-order valence-electron chi connectivity index (χ1n) is 24.6. The van der Waals surface area contributed by atoms with Crippen molar-refractivity contribution in [3.05, 3.63) is 241 Å². The molecule has 4 heterocycles. The minimum atomic E-state index is -0.326. The number of aromatic nitrogens is 4. The standard InChI is InChI=1S/C66H48N4/c1-65(2)51-35-37-60-62(50-28-10-16-34-58(50)70(60)44-22-18-20-42(40-44)68-55-31-13-7-25-47(55)48-26-8-14-32-56(48)68)64(51)66(3,4)52-36-38-59-61(63(52)65)49-27-9-15-33-57(49)69(59)43-21-17-19-41(39-43)67-53-29-11-5-23-45(53)46-24-6-12-30-54(46)67/h5-40H,1-4H3. The molecule has 0 bridgehead atoms. The van der Waals surface area contributed by atoms with Crippen LogP contribution in [0.25, 0.3) is 110 Å². The first-order chi connectivity index (χ1) is 34.3. The summed E-state index contributed by atoms with van der Waals surface area (Å²) in [5.74, 6) is 0. The van der Waals surface area contributed by atoms with Gasteiger partial charge in [-0.25, -0.2) is 0 Å². The fourth-order valence-electron chi connectivity index (χ4n) is 13.2. The van der Waals surface area contributed by atoms with Crippen LogP contribution in [0.15, 0.2) is 218 Å². The lowest BCUT2D eigenvalue weighted by molar-refractivity contribution is 0.529. The van der Waals surface area contributed by atoms with Crippen LogP contribution in [0.3, 0.4) is 0 Å². The van der Waals surface area contributed by atoms with Crippen molar-refractivity contribution in [2.24, 2.45) is 0 Å². The van der Waals surface area contributed by atoms with Crippen LogP contribution in [0.5, 0.6) is 0 Å². The molecule has 0 unspecified atom stereocenters. The fourth-order valence-corrected chi connectivity index (χ4v) is 13.2. The number of hydrogen-bond acceptors (Lipinski definition) is 0. The van der Waals surface area contributed by atoms with Gasteiger partial charge in [0.05, 0.1) is 44.1 Å². The Balaban J connectivity index is 0.937. The van der Waals surface area contributed by atoms with Gasteiger partial charge in [0.1, 0.15) is 0 Å². The molecule has 0 amide bonds. The minimum absolute atomic E-state index is 0.326. The number of benzene rings is 10. The fraction of sp³-hybridized carbons (Fsp3) is 0.0909. The Bertz CT molecular complexity index is 4140. The molecule has 1 aliphatic carbocycles. The number of fused-ring (bicyclic) bond motifs is 16. The second kappa shape index (κ2) is 14.0. The van der Waals surface area contributed by atoms with Crippen molar-refractivity contribution >= 4 is 87.2 Å². The summed E-state index contributed by atoms with van der Waals surface area (Å²) in [4.78, 5) is 0. The van der Waals surface area contributed by atoms with Crippen LogP contribution in [-0.4, -0.2) is 18.3 Å². The van der Waals surface area contributed by atoms with Gasteiger partial charge in [0.2, 0.25) is 0 Å². The first kappa shape index (κ1) is 39.4. The minimum Gasteiger partial charge on any atom is -0.309 e. The van der Waals surface area contributed by atoms with Crippen LogP contribution in [0.2, 0.25) is 0 Å². The number of rotatable bonds is 4. The molecule has 0 N–H and O–H groups in total. The third kappa shape index (κ3) is 5.10. The maximum absolute atomic E-state index is 2.51. The van der Waals surface area contributed by atoms with Crippen molar-refractivity contribution in [3.63, 3.8) is 0 Å². The lowest BCUT2D eigenvalue weighted by Crippen LogP contribution is -2.37. The molecule has 0 atom stereocenters. The van der Waals surface area contributed by atoms with Gasteiger partial charge in [-0.05, 0) is 107 Å². The summed E-state index contributed by atoms with van der Waals surface area (Å²) in [5, 5.41) is 10.3. The normalized spacial score (nSPS) is 14.2. The molecule has 0 saturated carbocycles. The smallest absolute Gasteiger partial charge is 0.0544 e. The average molecular weight is 897 g/mol. The molecular formula is C66H48N4. The number of para-hydroxylation sites is 6. The zero-order valence-corrected chi connectivity index (χ0v) is 39.6. The van der Waals surface area contributed by atoms with E-state index in [0.717, 1.165) is 22.7 Å². The lowest BCUT2D eigenvalue weighted by Gasteiger charge is -2.45. The molecule has 0 fully saturated rings. The zero-order valence-electron chi connectivity index (χ0n) is 39.6. The van der Waals surface area contributed by atoms with Crippen molar-refractivity contribution < 1.29 is 0 Å². The van der Waals surface area contributed by atoms with Crippen LogP contribution in [-0.2, 0) is 10.8 Å². The molecule has 0 spiro atoms. The van der Waals surface area contributed by atoms with Crippen molar-refractivity contribution in [1.82, 2.24) is 18.3 Å². The van der Waals surface area contributed by atoms with Gasteiger partial charge in [-0.1, -0.05) is 161 Å². The van der Waals surface area contributed by atoms with Gasteiger partial charge >= 0.3 is 0 Å². The lowest BCUT2D eigenvalue weighted by atomic mass is 9.58. The van der Waals surface area contributed by atoms with E-state index in [1.165, 1.54) is 109 Å². The maximum Gasteiger partial charge on any atom is 0.0544 e. The molecule has 332 valence electrons. The van der Waals surface area contributed by atoms with Crippen LogP contribution < -0.4 is 0 Å². The topological polar surface area (TPSA) is 19.7 Å². The van der Waals surface area contributed by atoms with Crippen LogP contribution in [0.4, 0.5) is 0 Å². The van der Waals surface area contributed by atoms with Gasteiger partial charge in [0.25, 0.3) is 0 Å². The Morgan fingerprint density at radius 3 is 0.814 bits per heavy atom. The molecule has 0 aliphatic heterocycles. The number of hydrogen-bond donors (Lipinski definition) is 0. The van der Waals surface area contributed by atoms with E-state index in [-0.39, 0.29) is 10.8 Å². The molecule has 14 aromatic rings. The Morgan fingerprint density at radius 2 is 0.500 bits per heavy atom. The molecule has 0 saturated heterocycles. The third-order valence-electron chi connectivity index (χ3n) is 16.1. The third-order valence-corrected chi connectivity index (χ3v) is 16.1. The van der Waals surface area contributed by atoms with E-state index in [0.29, 0.717) is 0 Å². The first-order valence-corrected chi connectivity index (χ1v) is 24.6. The monoisotopic (exact) mass is 896 g/mol. The van der Waals surface area contributed by atoms with Crippen molar-refractivity contribution in [2.45, 2.75) is 38.5 Å². The van der Waals surface area contributed by atoms with Crippen LogP contribution >= 0.6 is 0 Å². The molecule has 0 radical (unpaired) electrons. The highest BCUT2D eigenvalue weighted by Crippen LogP contribution is 2.56. The van der Waals surface area contributed by atoms with E-state index in [2.05, 4.69) is 264 Å². The summed E-state index contributed by atoms with van der Waals surface area (Å²) >= 11 is 0. The SMILES string of the molecule is CC1(C)c2ccc3c(c2C(C)(C)c2ccc4c(c21)c1ccccc1n4-c1cccc(-n2c4ccccc4c4ccccc42)c1)c1ccccc1n3-c1cccc(-n2c3ccccc3c3ccccc32)c1. The number of nitrogens with zero attached hydrogens (tertiary/aromatic N) is 4. The second-order valence-electron chi connectivity index (χ2n) is 20.5. The molecule has 4 aromatic heterocycles. The predicted octanol–water partition coefficient (Wildman–Crippen LogP) is 17.0. The highest BCUT2D eigenvalue weighted by atomic mass is 15.0. The summed E-state index contributed by atoms with van der Waals surface area (Å²) in [7, 11) is 0. The van der Waals surface area contributed by atoms with E-state index in [1.807, 2.05) is 0 Å². The molecular weight excluding hydrogens is 849 g/mol. The van der Waals surface area contributed by atoms with Gasteiger partial charge < -0.3 is 18.3 Å². The molecule has 70 heavy (non-hydrogen) atoms. The Labute approximate surface area is 405 Å². The molecule has 10 aromatic carbocycles.